The number of benzene rings is 6. The third kappa shape index (κ3) is 3.28. The lowest BCUT2D eigenvalue weighted by Gasteiger charge is -2.11. The molecule has 4 heteroatoms. The van der Waals surface area contributed by atoms with Gasteiger partial charge in [0.05, 0.1) is 22.1 Å². The predicted octanol–water partition coefficient (Wildman–Crippen LogP) is 10.2. The van der Waals surface area contributed by atoms with Crippen LogP contribution in [0.4, 0.5) is 0 Å². The molecule has 0 aliphatic carbocycles. The Hall–Kier alpha value is -5.19. The number of aromatic nitrogens is 3. The fourth-order valence-electron chi connectivity index (χ4n) is 6.37. The van der Waals surface area contributed by atoms with Crippen molar-refractivity contribution in [3.63, 3.8) is 0 Å². The van der Waals surface area contributed by atoms with Crippen molar-refractivity contribution in [2.75, 3.05) is 0 Å². The van der Waals surface area contributed by atoms with E-state index in [1.807, 2.05) is 17.4 Å². The van der Waals surface area contributed by atoms with E-state index in [0.717, 1.165) is 33.8 Å². The largest absolute Gasteiger partial charge is 0.309 e. The van der Waals surface area contributed by atoms with Crippen LogP contribution in [0, 0.1) is 0 Å². The van der Waals surface area contributed by atoms with Crippen LogP contribution in [0.5, 0.6) is 0 Å². The zero-order valence-electron chi connectivity index (χ0n) is 22.0. The van der Waals surface area contributed by atoms with Crippen molar-refractivity contribution in [1.29, 1.82) is 0 Å². The zero-order valence-corrected chi connectivity index (χ0v) is 22.8. The second-order valence-electron chi connectivity index (χ2n) is 10.4. The Morgan fingerprint density at radius 3 is 1.98 bits per heavy atom. The molecular weight excluding hydrogens is 518 g/mol. The Morgan fingerprint density at radius 2 is 1.12 bits per heavy atom. The molecule has 0 atom stereocenters. The average Bonchev–Trinajstić information content (AvgIpc) is 3.71. The van der Waals surface area contributed by atoms with Gasteiger partial charge in [-0.15, -0.1) is 11.3 Å². The summed E-state index contributed by atoms with van der Waals surface area (Å²) in [7, 11) is 0. The molecule has 9 aromatic rings. The van der Waals surface area contributed by atoms with Gasteiger partial charge in [0.15, 0.2) is 0 Å². The minimum atomic E-state index is 0.942. The molecule has 0 saturated carbocycles. The molecule has 0 unspecified atom stereocenters. The molecule has 3 heterocycles. The van der Waals surface area contributed by atoms with E-state index in [4.69, 9.17) is 4.98 Å². The van der Waals surface area contributed by atoms with Crippen LogP contribution in [0.15, 0.2) is 140 Å². The summed E-state index contributed by atoms with van der Waals surface area (Å²) in [5.74, 6) is 0.942. The van der Waals surface area contributed by atoms with Gasteiger partial charge in [-0.2, -0.15) is 0 Å². The summed E-state index contributed by atoms with van der Waals surface area (Å²) >= 11 is 1.87. The summed E-state index contributed by atoms with van der Waals surface area (Å²) in [6, 6.07) is 49.8. The first kappa shape index (κ1) is 22.6. The highest BCUT2D eigenvalue weighted by Crippen LogP contribution is 2.43. The standard InChI is InChI=1S/C37H23N3S/c1-2-10-25(11-3-1)40-31-16-8-6-14-29(31)38-37(40)24-18-20-26(21-19-24)39-30-15-7-4-12-27(30)35-32(39)22-23-34-36(35)28-13-5-9-17-33(28)41-34/h1-23H. The van der Waals surface area contributed by atoms with Crippen LogP contribution in [-0.2, 0) is 0 Å². The van der Waals surface area contributed by atoms with Gasteiger partial charge in [0.25, 0.3) is 0 Å². The van der Waals surface area contributed by atoms with Crippen molar-refractivity contribution in [1.82, 2.24) is 14.1 Å². The van der Waals surface area contributed by atoms with Gasteiger partial charge in [-0.05, 0) is 72.8 Å². The smallest absolute Gasteiger partial charge is 0.145 e. The molecule has 3 aromatic heterocycles. The first-order chi connectivity index (χ1) is 20.3. The van der Waals surface area contributed by atoms with E-state index in [0.29, 0.717) is 0 Å². The third-order valence-electron chi connectivity index (χ3n) is 8.14. The second-order valence-corrected chi connectivity index (χ2v) is 11.5. The average molecular weight is 542 g/mol. The van der Waals surface area contributed by atoms with Gasteiger partial charge in [-0.1, -0.05) is 66.7 Å². The van der Waals surface area contributed by atoms with Crippen molar-refractivity contribution in [3.05, 3.63) is 140 Å². The maximum Gasteiger partial charge on any atom is 0.145 e. The summed E-state index contributed by atoms with van der Waals surface area (Å²) < 4.78 is 7.32. The third-order valence-corrected chi connectivity index (χ3v) is 9.27. The molecule has 0 aliphatic rings. The van der Waals surface area contributed by atoms with Gasteiger partial charge < -0.3 is 4.57 Å². The van der Waals surface area contributed by atoms with Crippen molar-refractivity contribution < 1.29 is 0 Å². The molecule has 0 spiro atoms. The SMILES string of the molecule is c1ccc(-n2c(-c3ccc(-n4c5ccccc5c5c6c(ccc54)sc4ccccc46)cc3)nc3ccccc32)cc1. The van der Waals surface area contributed by atoms with Gasteiger partial charge in [-0.25, -0.2) is 4.98 Å². The summed E-state index contributed by atoms with van der Waals surface area (Å²) in [5, 5.41) is 5.29. The van der Waals surface area contributed by atoms with Crippen LogP contribution < -0.4 is 0 Å². The Balaban J connectivity index is 1.27. The Bertz CT molecular complexity index is 2410. The van der Waals surface area contributed by atoms with Crippen LogP contribution >= 0.6 is 11.3 Å². The second kappa shape index (κ2) is 8.65. The molecule has 192 valence electrons. The normalized spacial score (nSPS) is 11.9. The van der Waals surface area contributed by atoms with Crippen molar-refractivity contribution >= 4 is 64.3 Å². The van der Waals surface area contributed by atoms with E-state index in [1.54, 1.807) is 0 Å². The summed E-state index contributed by atoms with van der Waals surface area (Å²) in [5.41, 5.74) is 7.87. The first-order valence-corrected chi connectivity index (χ1v) is 14.6. The molecular formula is C37H23N3S. The van der Waals surface area contributed by atoms with Crippen molar-refractivity contribution in [3.8, 4) is 22.8 Å². The first-order valence-electron chi connectivity index (χ1n) is 13.8. The Morgan fingerprint density at radius 1 is 0.439 bits per heavy atom. The molecule has 0 bridgehead atoms. The molecule has 0 saturated heterocycles. The molecule has 0 N–H and O–H groups in total. The summed E-state index contributed by atoms with van der Waals surface area (Å²) in [6.07, 6.45) is 0. The van der Waals surface area contributed by atoms with E-state index in [-0.39, 0.29) is 0 Å². The van der Waals surface area contributed by atoms with Crippen molar-refractivity contribution in [2.24, 2.45) is 0 Å². The van der Waals surface area contributed by atoms with Gasteiger partial charge in [0.1, 0.15) is 5.82 Å². The molecule has 41 heavy (non-hydrogen) atoms. The van der Waals surface area contributed by atoms with E-state index in [9.17, 15) is 0 Å². The maximum absolute atomic E-state index is 5.07. The van der Waals surface area contributed by atoms with Crippen LogP contribution in [-0.4, -0.2) is 14.1 Å². The number of rotatable bonds is 3. The summed E-state index contributed by atoms with van der Waals surface area (Å²) in [4.78, 5) is 5.07. The number of nitrogens with zero attached hydrogens (tertiary/aromatic N) is 3. The predicted molar refractivity (Wildman–Crippen MR) is 174 cm³/mol. The molecule has 6 aromatic carbocycles. The lowest BCUT2D eigenvalue weighted by Crippen LogP contribution is -1.98. The molecule has 3 nitrogen and oxygen atoms in total. The van der Waals surface area contributed by atoms with Crippen LogP contribution in [0.1, 0.15) is 0 Å². The van der Waals surface area contributed by atoms with Crippen LogP contribution in [0.3, 0.4) is 0 Å². The van der Waals surface area contributed by atoms with Crippen LogP contribution in [0.2, 0.25) is 0 Å². The molecule has 0 amide bonds. The van der Waals surface area contributed by atoms with Gasteiger partial charge in [-0.3, -0.25) is 4.57 Å². The fraction of sp³-hybridized carbons (Fsp3) is 0. The van der Waals surface area contributed by atoms with Gasteiger partial charge in [0.2, 0.25) is 0 Å². The Labute approximate surface area is 240 Å². The number of imidazole rings is 1. The fourth-order valence-corrected chi connectivity index (χ4v) is 7.48. The van der Waals surface area contributed by atoms with Crippen molar-refractivity contribution in [2.45, 2.75) is 0 Å². The lowest BCUT2D eigenvalue weighted by atomic mass is 10.1. The van der Waals surface area contributed by atoms with Crippen LogP contribution in [0.25, 0.3) is 75.8 Å². The minimum absolute atomic E-state index is 0.942. The molecule has 0 radical (unpaired) electrons. The summed E-state index contributed by atoms with van der Waals surface area (Å²) in [6.45, 7) is 0. The minimum Gasteiger partial charge on any atom is -0.309 e. The van der Waals surface area contributed by atoms with Gasteiger partial charge >= 0.3 is 0 Å². The highest BCUT2D eigenvalue weighted by atomic mass is 32.1. The zero-order chi connectivity index (χ0) is 26.9. The van der Waals surface area contributed by atoms with Gasteiger partial charge in [0, 0.05) is 47.9 Å². The van der Waals surface area contributed by atoms with E-state index < -0.39 is 0 Å². The quantitative estimate of drug-likeness (QED) is 0.218. The lowest BCUT2D eigenvalue weighted by molar-refractivity contribution is 1.10. The molecule has 0 aliphatic heterocycles. The highest BCUT2D eigenvalue weighted by molar-refractivity contribution is 7.26. The number of fused-ring (bicyclic) bond motifs is 8. The number of hydrogen-bond acceptors (Lipinski definition) is 2. The number of thiophene rings is 1. The monoisotopic (exact) mass is 541 g/mol. The Kier molecular flexibility index (Phi) is 4.77. The maximum atomic E-state index is 5.07. The molecule has 9 rings (SSSR count). The topological polar surface area (TPSA) is 22.8 Å². The van der Waals surface area contributed by atoms with E-state index in [2.05, 4.69) is 143 Å². The number of para-hydroxylation sites is 4. The number of hydrogen-bond donors (Lipinski definition) is 0. The van der Waals surface area contributed by atoms with E-state index in [1.165, 1.54) is 42.0 Å². The van der Waals surface area contributed by atoms with E-state index >= 15 is 0 Å². The molecule has 0 fully saturated rings. The highest BCUT2D eigenvalue weighted by Gasteiger charge is 2.18.